The van der Waals surface area contributed by atoms with Gasteiger partial charge >= 0.3 is 0 Å². The molecular formula is C11H13N3OS. The summed E-state index contributed by atoms with van der Waals surface area (Å²) in [5.41, 5.74) is 2.13. The van der Waals surface area contributed by atoms with E-state index in [4.69, 9.17) is 5.11 Å². The molecule has 84 valence electrons. The maximum absolute atomic E-state index is 8.91. The predicted molar refractivity (Wildman–Crippen MR) is 63.0 cm³/mol. The van der Waals surface area contributed by atoms with Crippen molar-refractivity contribution < 1.29 is 5.11 Å². The molecule has 0 radical (unpaired) electrons. The number of aliphatic hydroxyl groups excluding tert-OH is 1. The van der Waals surface area contributed by atoms with E-state index < -0.39 is 0 Å². The average molecular weight is 235 g/mol. The van der Waals surface area contributed by atoms with E-state index >= 15 is 0 Å². The molecule has 2 N–H and O–H groups in total. The van der Waals surface area contributed by atoms with Gasteiger partial charge in [0.1, 0.15) is 5.82 Å². The highest BCUT2D eigenvalue weighted by Crippen LogP contribution is 2.19. The van der Waals surface area contributed by atoms with Crippen LogP contribution in [0.4, 0.5) is 0 Å². The summed E-state index contributed by atoms with van der Waals surface area (Å²) in [5.74, 6) is 1.67. The maximum atomic E-state index is 8.91. The van der Waals surface area contributed by atoms with Crippen molar-refractivity contribution in [1.82, 2.24) is 15.2 Å². The molecule has 1 aromatic carbocycles. The standard InChI is InChI=1S/C11H13N3OS/c1-8-12-11(14-13-8)16-7-10-4-2-9(6-15)3-5-10/h2-5,15H,6-7H2,1H3,(H,12,13,14). The van der Waals surface area contributed by atoms with Crippen LogP contribution in [0, 0.1) is 6.92 Å². The smallest absolute Gasteiger partial charge is 0.208 e. The van der Waals surface area contributed by atoms with Gasteiger partial charge in [-0.3, -0.25) is 5.10 Å². The van der Waals surface area contributed by atoms with Crippen LogP contribution < -0.4 is 0 Å². The minimum atomic E-state index is 0.0908. The van der Waals surface area contributed by atoms with Crippen molar-refractivity contribution in [1.29, 1.82) is 0 Å². The Morgan fingerprint density at radius 2 is 1.94 bits per heavy atom. The van der Waals surface area contributed by atoms with Gasteiger partial charge in [0.2, 0.25) is 5.16 Å². The summed E-state index contributed by atoms with van der Waals surface area (Å²) in [6, 6.07) is 7.88. The highest BCUT2D eigenvalue weighted by Gasteiger charge is 2.01. The van der Waals surface area contributed by atoms with Crippen molar-refractivity contribution in [3.8, 4) is 0 Å². The average Bonchev–Trinajstić information content (AvgIpc) is 2.73. The second-order valence-corrected chi connectivity index (χ2v) is 4.41. The number of thioether (sulfide) groups is 1. The van der Waals surface area contributed by atoms with E-state index in [0.717, 1.165) is 22.3 Å². The molecule has 16 heavy (non-hydrogen) atoms. The first-order chi connectivity index (χ1) is 7.78. The lowest BCUT2D eigenvalue weighted by atomic mass is 10.2. The van der Waals surface area contributed by atoms with Crippen molar-refractivity contribution >= 4 is 11.8 Å². The van der Waals surface area contributed by atoms with Crippen molar-refractivity contribution in [2.45, 2.75) is 24.4 Å². The number of aromatic nitrogens is 3. The molecule has 1 aromatic heterocycles. The van der Waals surface area contributed by atoms with Gasteiger partial charge in [0.05, 0.1) is 6.61 Å². The summed E-state index contributed by atoms with van der Waals surface area (Å²) in [5, 5.41) is 16.5. The number of rotatable bonds is 4. The summed E-state index contributed by atoms with van der Waals surface area (Å²) in [4.78, 5) is 4.22. The largest absolute Gasteiger partial charge is 0.392 e. The van der Waals surface area contributed by atoms with Gasteiger partial charge in [-0.1, -0.05) is 36.0 Å². The number of aryl methyl sites for hydroxylation is 1. The molecule has 0 amide bonds. The normalized spacial score (nSPS) is 10.6. The number of aliphatic hydroxyl groups is 1. The summed E-state index contributed by atoms with van der Waals surface area (Å²) in [6.07, 6.45) is 0. The van der Waals surface area contributed by atoms with E-state index in [2.05, 4.69) is 15.2 Å². The monoisotopic (exact) mass is 235 g/mol. The second kappa shape index (κ2) is 5.14. The predicted octanol–water partition coefficient (Wildman–Crippen LogP) is 1.90. The Balaban J connectivity index is 1.94. The Hall–Kier alpha value is -1.33. The third kappa shape index (κ3) is 2.84. The number of H-pyrrole nitrogens is 1. The van der Waals surface area contributed by atoms with Gasteiger partial charge in [0, 0.05) is 5.75 Å². The fourth-order valence-electron chi connectivity index (χ4n) is 1.28. The lowest BCUT2D eigenvalue weighted by molar-refractivity contribution is 0.282. The van der Waals surface area contributed by atoms with Crippen LogP contribution in [-0.2, 0) is 12.4 Å². The molecule has 0 bridgehead atoms. The van der Waals surface area contributed by atoms with Gasteiger partial charge in [0.25, 0.3) is 0 Å². The van der Waals surface area contributed by atoms with Crippen LogP contribution in [0.25, 0.3) is 0 Å². The first-order valence-corrected chi connectivity index (χ1v) is 5.97. The third-order valence-corrected chi connectivity index (χ3v) is 3.07. The minimum absolute atomic E-state index is 0.0908. The summed E-state index contributed by atoms with van der Waals surface area (Å²) in [6.45, 7) is 1.97. The zero-order valence-electron chi connectivity index (χ0n) is 8.97. The van der Waals surface area contributed by atoms with Gasteiger partial charge in [0.15, 0.2) is 0 Å². The van der Waals surface area contributed by atoms with Crippen molar-refractivity contribution in [2.75, 3.05) is 0 Å². The Morgan fingerprint density at radius 3 is 2.50 bits per heavy atom. The molecule has 0 aliphatic carbocycles. The summed E-state index contributed by atoms with van der Waals surface area (Å²) >= 11 is 1.59. The van der Waals surface area contributed by atoms with Crippen molar-refractivity contribution in [3.05, 3.63) is 41.2 Å². The van der Waals surface area contributed by atoms with Crippen LogP contribution in [0.1, 0.15) is 17.0 Å². The topological polar surface area (TPSA) is 61.8 Å². The van der Waals surface area contributed by atoms with Crippen LogP contribution in [0.15, 0.2) is 29.4 Å². The van der Waals surface area contributed by atoms with Gasteiger partial charge in [-0.2, -0.15) is 0 Å². The van der Waals surface area contributed by atoms with E-state index in [9.17, 15) is 0 Å². The van der Waals surface area contributed by atoms with Gasteiger partial charge in [-0.05, 0) is 18.1 Å². The Bertz CT molecular complexity index is 453. The fourth-order valence-corrected chi connectivity index (χ4v) is 2.08. The highest BCUT2D eigenvalue weighted by atomic mass is 32.2. The fraction of sp³-hybridized carbons (Fsp3) is 0.273. The van der Waals surface area contributed by atoms with Gasteiger partial charge < -0.3 is 5.11 Å². The van der Waals surface area contributed by atoms with E-state index in [0.29, 0.717) is 0 Å². The molecule has 0 unspecified atom stereocenters. The second-order valence-electron chi connectivity index (χ2n) is 3.47. The van der Waals surface area contributed by atoms with Gasteiger partial charge in [-0.25, -0.2) is 4.98 Å². The molecular weight excluding hydrogens is 222 g/mol. The first-order valence-electron chi connectivity index (χ1n) is 4.98. The zero-order chi connectivity index (χ0) is 11.4. The first kappa shape index (κ1) is 11.2. The minimum Gasteiger partial charge on any atom is -0.392 e. The molecule has 0 spiro atoms. The molecule has 1 heterocycles. The quantitative estimate of drug-likeness (QED) is 0.794. The van der Waals surface area contributed by atoms with E-state index in [1.807, 2.05) is 31.2 Å². The van der Waals surface area contributed by atoms with E-state index in [1.165, 1.54) is 5.56 Å². The van der Waals surface area contributed by atoms with Gasteiger partial charge in [-0.15, -0.1) is 5.10 Å². The van der Waals surface area contributed by atoms with Crippen molar-refractivity contribution in [3.63, 3.8) is 0 Å². The molecule has 0 atom stereocenters. The molecule has 0 aliphatic rings. The third-order valence-electron chi connectivity index (χ3n) is 2.15. The Labute approximate surface area is 98.1 Å². The van der Waals surface area contributed by atoms with Crippen LogP contribution in [-0.4, -0.2) is 20.3 Å². The maximum Gasteiger partial charge on any atom is 0.208 e. The van der Waals surface area contributed by atoms with E-state index in [-0.39, 0.29) is 6.61 Å². The molecule has 2 rings (SSSR count). The van der Waals surface area contributed by atoms with Crippen LogP contribution in [0.2, 0.25) is 0 Å². The van der Waals surface area contributed by atoms with Crippen molar-refractivity contribution in [2.24, 2.45) is 0 Å². The molecule has 2 aromatic rings. The molecule has 4 nitrogen and oxygen atoms in total. The number of aromatic amines is 1. The lowest BCUT2D eigenvalue weighted by Crippen LogP contribution is -1.85. The van der Waals surface area contributed by atoms with Crippen LogP contribution in [0.3, 0.4) is 0 Å². The Kier molecular flexibility index (Phi) is 3.58. The van der Waals surface area contributed by atoms with E-state index in [1.54, 1.807) is 11.8 Å². The number of nitrogens with one attached hydrogen (secondary N) is 1. The number of benzene rings is 1. The zero-order valence-corrected chi connectivity index (χ0v) is 9.79. The highest BCUT2D eigenvalue weighted by molar-refractivity contribution is 7.98. The number of hydrogen-bond acceptors (Lipinski definition) is 4. The number of hydrogen-bond donors (Lipinski definition) is 2. The molecule has 0 saturated carbocycles. The number of nitrogens with zero attached hydrogens (tertiary/aromatic N) is 2. The SMILES string of the molecule is Cc1nc(SCc2ccc(CO)cc2)n[nH]1. The molecule has 0 saturated heterocycles. The molecule has 0 aliphatic heterocycles. The molecule has 5 heteroatoms. The Morgan fingerprint density at radius 1 is 1.25 bits per heavy atom. The van der Waals surface area contributed by atoms with Crippen LogP contribution in [0.5, 0.6) is 0 Å². The summed E-state index contributed by atoms with van der Waals surface area (Å²) < 4.78 is 0. The molecule has 0 fully saturated rings. The lowest BCUT2D eigenvalue weighted by Gasteiger charge is -2.00. The van der Waals surface area contributed by atoms with Crippen LogP contribution >= 0.6 is 11.8 Å². The summed E-state index contributed by atoms with van der Waals surface area (Å²) in [7, 11) is 0.